The van der Waals surface area contributed by atoms with Gasteiger partial charge in [0, 0.05) is 37.4 Å². The minimum absolute atomic E-state index is 0.153. The predicted molar refractivity (Wildman–Crippen MR) is 90.8 cm³/mol. The number of rotatable bonds is 4. The summed E-state index contributed by atoms with van der Waals surface area (Å²) in [7, 11) is 1.72. The van der Waals surface area contributed by atoms with Crippen LogP contribution in [0.25, 0.3) is 0 Å². The number of aromatic nitrogens is 2. The normalized spacial score (nSPS) is 17.3. The maximum absolute atomic E-state index is 12.7. The molecule has 3 heterocycles. The first-order valence-corrected chi connectivity index (χ1v) is 8.09. The van der Waals surface area contributed by atoms with E-state index in [1.165, 1.54) is 0 Å². The zero-order valence-corrected chi connectivity index (χ0v) is 14.3. The Morgan fingerprint density at radius 2 is 2.25 bits per heavy atom. The zero-order chi connectivity index (χ0) is 17.3. The van der Waals surface area contributed by atoms with Crippen LogP contribution in [0.1, 0.15) is 34.1 Å². The lowest BCUT2D eigenvalue weighted by atomic mass is 10.2. The van der Waals surface area contributed by atoms with Gasteiger partial charge in [-0.1, -0.05) is 0 Å². The van der Waals surface area contributed by atoms with Gasteiger partial charge in [0.05, 0.1) is 12.8 Å². The van der Waals surface area contributed by atoms with Crippen LogP contribution in [0.15, 0.2) is 22.8 Å². The van der Waals surface area contributed by atoms with Crippen LogP contribution >= 0.6 is 0 Å². The number of nitrogens with zero attached hydrogens (tertiary/aromatic N) is 4. The minimum Gasteiger partial charge on any atom is -0.467 e. The third-order valence-corrected chi connectivity index (χ3v) is 4.40. The fraction of sp³-hybridized carbons (Fsp3) is 0.471. The monoisotopic (exact) mass is 329 g/mol. The number of aryl methyl sites for hydroxylation is 1. The number of amides is 1. The van der Waals surface area contributed by atoms with E-state index < -0.39 is 0 Å². The van der Waals surface area contributed by atoms with Gasteiger partial charge >= 0.3 is 0 Å². The van der Waals surface area contributed by atoms with E-state index in [9.17, 15) is 4.79 Å². The second-order valence-corrected chi connectivity index (χ2v) is 6.32. The summed E-state index contributed by atoms with van der Waals surface area (Å²) in [5, 5.41) is 0. The van der Waals surface area contributed by atoms with Crippen LogP contribution in [0.2, 0.25) is 0 Å². The molecule has 0 aliphatic carbocycles. The van der Waals surface area contributed by atoms with E-state index >= 15 is 0 Å². The molecule has 3 rings (SSSR count). The van der Waals surface area contributed by atoms with Crippen LogP contribution in [0.3, 0.4) is 0 Å². The van der Waals surface area contributed by atoms with E-state index in [1.807, 2.05) is 19.9 Å². The smallest absolute Gasteiger partial charge is 0.291 e. The van der Waals surface area contributed by atoms with E-state index in [0.717, 1.165) is 42.3 Å². The van der Waals surface area contributed by atoms with Crippen molar-refractivity contribution in [3.63, 3.8) is 0 Å². The highest BCUT2D eigenvalue weighted by Gasteiger charge is 2.25. The van der Waals surface area contributed by atoms with Crippen molar-refractivity contribution in [2.24, 2.45) is 5.73 Å². The van der Waals surface area contributed by atoms with Crippen molar-refractivity contribution in [3.05, 3.63) is 41.2 Å². The quantitative estimate of drug-likeness (QED) is 0.914. The van der Waals surface area contributed by atoms with Gasteiger partial charge in [0.15, 0.2) is 0 Å². The topological polar surface area (TPSA) is 88.5 Å². The molecule has 128 valence electrons. The maximum atomic E-state index is 12.7. The molecule has 7 heteroatoms. The number of furan rings is 1. The molecule has 1 aliphatic heterocycles. The molecule has 0 saturated carbocycles. The van der Waals surface area contributed by atoms with Gasteiger partial charge in [-0.3, -0.25) is 4.79 Å². The van der Waals surface area contributed by atoms with E-state index in [2.05, 4.69) is 14.9 Å². The lowest BCUT2D eigenvalue weighted by Gasteiger charge is -2.22. The molecular weight excluding hydrogens is 306 g/mol. The number of nitrogens with two attached hydrogens (primary N) is 1. The highest BCUT2D eigenvalue weighted by atomic mass is 16.3. The van der Waals surface area contributed by atoms with Crippen LogP contribution in [0, 0.1) is 13.8 Å². The molecule has 2 aromatic heterocycles. The lowest BCUT2D eigenvalue weighted by molar-refractivity contribution is 0.0763. The molecule has 0 spiro atoms. The molecule has 1 fully saturated rings. The van der Waals surface area contributed by atoms with Crippen molar-refractivity contribution >= 4 is 11.7 Å². The summed E-state index contributed by atoms with van der Waals surface area (Å²) in [5.41, 5.74) is 7.81. The Morgan fingerprint density at radius 3 is 2.88 bits per heavy atom. The summed E-state index contributed by atoms with van der Waals surface area (Å²) < 4.78 is 5.29. The summed E-state index contributed by atoms with van der Waals surface area (Å²) in [6.45, 7) is 5.88. The first kappa shape index (κ1) is 16.4. The fourth-order valence-corrected chi connectivity index (χ4v) is 2.88. The van der Waals surface area contributed by atoms with Gasteiger partial charge in [0.25, 0.3) is 5.91 Å². The van der Waals surface area contributed by atoms with Gasteiger partial charge in [-0.25, -0.2) is 9.97 Å². The molecule has 0 bridgehead atoms. The van der Waals surface area contributed by atoms with Gasteiger partial charge in [-0.2, -0.15) is 0 Å². The predicted octanol–water partition coefficient (Wildman–Crippen LogP) is 1.50. The van der Waals surface area contributed by atoms with Crippen molar-refractivity contribution in [2.75, 3.05) is 25.0 Å². The Bertz CT molecular complexity index is 729. The van der Waals surface area contributed by atoms with E-state index in [0.29, 0.717) is 6.54 Å². The molecule has 7 nitrogen and oxygen atoms in total. The number of anilines is 1. The fourth-order valence-electron chi connectivity index (χ4n) is 2.88. The largest absolute Gasteiger partial charge is 0.467 e. The second kappa shape index (κ2) is 6.60. The molecule has 1 atom stereocenters. The van der Waals surface area contributed by atoms with E-state index in [-0.39, 0.29) is 17.8 Å². The molecule has 1 aliphatic rings. The van der Waals surface area contributed by atoms with Crippen LogP contribution < -0.4 is 10.6 Å². The molecule has 1 saturated heterocycles. The first-order valence-electron chi connectivity index (χ1n) is 8.09. The van der Waals surface area contributed by atoms with Crippen LogP contribution in [-0.2, 0) is 6.54 Å². The lowest BCUT2D eigenvalue weighted by Crippen LogP contribution is -2.31. The Labute approximate surface area is 141 Å². The molecule has 0 radical (unpaired) electrons. The van der Waals surface area contributed by atoms with Crippen LogP contribution in [0.5, 0.6) is 0 Å². The molecule has 24 heavy (non-hydrogen) atoms. The molecular formula is C17H23N5O2. The first-order chi connectivity index (χ1) is 11.5. The van der Waals surface area contributed by atoms with Crippen molar-refractivity contribution in [1.29, 1.82) is 0 Å². The van der Waals surface area contributed by atoms with Gasteiger partial charge in [-0.05, 0) is 32.4 Å². The highest BCUT2D eigenvalue weighted by Crippen LogP contribution is 2.23. The Hall–Kier alpha value is -2.41. The number of hydrogen-bond donors (Lipinski definition) is 1. The molecule has 0 unspecified atom stereocenters. The van der Waals surface area contributed by atoms with Gasteiger partial charge in [0.2, 0.25) is 5.82 Å². The third-order valence-electron chi connectivity index (χ3n) is 4.40. The van der Waals surface area contributed by atoms with Crippen molar-refractivity contribution < 1.29 is 9.21 Å². The average molecular weight is 329 g/mol. The number of carbonyl (C=O) groups is 1. The Kier molecular flexibility index (Phi) is 4.53. The van der Waals surface area contributed by atoms with Gasteiger partial charge in [0.1, 0.15) is 11.6 Å². The SMILES string of the molecule is Cc1nc(C(=O)N(C)Cc2ccco2)nc(N2CC[C@@H](N)C2)c1C. The van der Waals surface area contributed by atoms with Crippen molar-refractivity contribution in [3.8, 4) is 0 Å². The summed E-state index contributed by atoms with van der Waals surface area (Å²) in [4.78, 5) is 25.3. The molecule has 0 aromatic carbocycles. The van der Waals surface area contributed by atoms with Gasteiger partial charge < -0.3 is 20.0 Å². The van der Waals surface area contributed by atoms with Gasteiger partial charge in [-0.15, -0.1) is 0 Å². The van der Waals surface area contributed by atoms with Crippen molar-refractivity contribution in [2.45, 2.75) is 32.9 Å². The Balaban J connectivity index is 1.84. The molecule has 2 N–H and O–H groups in total. The molecule has 1 amide bonds. The zero-order valence-electron chi connectivity index (χ0n) is 14.3. The van der Waals surface area contributed by atoms with Crippen LogP contribution in [-0.4, -0.2) is 47.0 Å². The maximum Gasteiger partial charge on any atom is 0.291 e. The third kappa shape index (κ3) is 3.26. The van der Waals surface area contributed by atoms with E-state index in [1.54, 1.807) is 24.3 Å². The summed E-state index contributed by atoms with van der Waals surface area (Å²) in [6, 6.07) is 3.79. The highest BCUT2D eigenvalue weighted by molar-refractivity contribution is 5.90. The summed E-state index contributed by atoms with van der Waals surface area (Å²) >= 11 is 0. The summed E-state index contributed by atoms with van der Waals surface area (Å²) in [6.07, 6.45) is 2.53. The number of carbonyl (C=O) groups excluding carboxylic acids is 1. The molecule has 2 aromatic rings. The summed E-state index contributed by atoms with van der Waals surface area (Å²) in [5.74, 6) is 1.52. The standard InChI is InChI=1S/C17H23N5O2/c1-11-12(2)19-15(20-16(11)22-7-6-13(18)9-22)17(23)21(3)10-14-5-4-8-24-14/h4-5,8,13H,6-7,9-10,18H2,1-3H3/t13-/m1/s1. The minimum atomic E-state index is -0.223. The number of hydrogen-bond acceptors (Lipinski definition) is 6. The Morgan fingerprint density at radius 1 is 1.46 bits per heavy atom. The van der Waals surface area contributed by atoms with Crippen LogP contribution in [0.4, 0.5) is 5.82 Å². The average Bonchev–Trinajstić information content (AvgIpc) is 3.20. The van der Waals surface area contributed by atoms with Crippen molar-refractivity contribution in [1.82, 2.24) is 14.9 Å². The van der Waals surface area contributed by atoms with E-state index in [4.69, 9.17) is 10.2 Å². The second-order valence-electron chi connectivity index (χ2n) is 6.32.